The lowest BCUT2D eigenvalue weighted by Crippen LogP contribution is -2.46. The summed E-state index contributed by atoms with van der Waals surface area (Å²) >= 11 is 0. The Morgan fingerprint density at radius 1 is 1.25 bits per heavy atom. The van der Waals surface area contributed by atoms with Crippen LogP contribution in [-0.4, -0.2) is 42.9 Å². The summed E-state index contributed by atoms with van der Waals surface area (Å²) in [6, 6.07) is 10.9. The molecule has 0 bridgehead atoms. The number of amides is 1. The Kier molecular flexibility index (Phi) is 6.13. The average Bonchev–Trinajstić information content (AvgIpc) is 3.24. The summed E-state index contributed by atoms with van der Waals surface area (Å²) in [6.45, 7) is 5.84. The number of nitrogens with zero attached hydrogens (tertiary/aromatic N) is 1. The molecule has 28 heavy (non-hydrogen) atoms. The third-order valence-corrected chi connectivity index (χ3v) is 6.80. The molecule has 6 nitrogen and oxygen atoms in total. The summed E-state index contributed by atoms with van der Waals surface area (Å²) in [5.41, 5.74) is 1.19. The van der Waals surface area contributed by atoms with Gasteiger partial charge in [0.05, 0.1) is 18.1 Å². The number of benzene rings is 1. The Morgan fingerprint density at radius 2 is 1.96 bits per heavy atom. The van der Waals surface area contributed by atoms with Crippen molar-refractivity contribution in [1.29, 1.82) is 0 Å². The number of hydrogen-bond acceptors (Lipinski definition) is 5. The van der Waals surface area contributed by atoms with E-state index in [1.807, 2.05) is 43.3 Å². The van der Waals surface area contributed by atoms with Crippen molar-refractivity contribution in [2.75, 3.05) is 11.5 Å². The van der Waals surface area contributed by atoms with Crippen LogP contribution in [-0.2, 0) is 27.6 Å². The van der Waals surface area contributed by atoms with Crippen molar-refractivity contribution in [3.8, 4) is 5.75 Å². The molecule has 0 saturated carbocycles. The van der Waals surface area contributed by atoms with Gasteiger partial charge >= 0.3 is 0 Å². The van der Waals surface area contributed by atoms with Gasteiger partial charge in [-0.1, -0.05) is 19.1 Å². The van der Waals surface area contributed by atoms with E-state index in [2.05, 4.69) is 6.92 Å². The van der Waals surface area contributed by atoms with E-state index in [-0.39, 0.29) is 30.0 Å². The fourth-order valence-corrected chi connectivity index (χ4v) is 5.17. The Bertz CT molecular complexity index is 917. The first-order valence-electron chi connectivity index (χ1n) is 9.59. The fourth-order valence-electron chi connectivity index (χ4n) is 3.44. The molecule has 152 valence electrons. The van der Waals surface area contributed by atoms with Gasteiger partial charge in [0.2, 0.25) is 0 Å². The van der Waals surface area contributed by atoms with Crippen molar-refractivity contribution in [3.05, 3.63) is 53.5 Å². The monoisotopic (exact) mass is 405 g/mol. The van der Waals surface area contributed by atoms with Crippen molar-refractivity contribution in [3.63, 3.8) is 0 Å². The van der Waals surface area contributed by atoms with Crippen molar-refractivity contribution in [2.45, 2.75) is 52.3 Å². The minimum absolute atomic E-state index is 0.0175. The van der Waals surface area contributed by atoms with Crippen LogP contribution in [0.1, 0.15) is 37.4 Å². The van der Waals surface area contributed by atoms with E-state index in [1.165, 1.54) is 5.56 Å². The molecule has 1 saturated heterocycles. The standard InChI is InChI=1S/C21H27NO5S/c1-4-17-6-9-19(10-7-17)27-16(3)21(23)22(13-20-8-5-15(2)26-20)18-11-12-28(24,25)14-18/h5-10,16,18H,4,11-14H2,1-3H3/t16-,18-/m0/s1. The summed E-state index contributed by atoms with van der Waals surface area (Å²) in [6.07, 6.45) is 0.638. The Labute approximate surface area is 166 Å². The summed E-state index contributed by atoms with van der Waals surface area (Å²) in [4.78, 5) is 14.7. The Hall–Kier alpha value is -2.28. The van der Waals surface area contributed by atoms with E-state index in [1.54, 1.807) is 11.8 Å². The van der Waals surface area contributed by atoms with Crippen LogP contribution in [0.3, 0.4) is 0 Å². The van der Waals surface area contributed by atoms with E-state index >= 15 is 0 Å². The Morgan fingerprint density at radius 3 is 2.50 bits per heavy atom. The highest BCUT2D eigenvalue weighted by Crippen LogP contribution is 2.23. The van der Waals surface area contributed by atoms with E-state index in [0.717, 1.165) is 12.2 Å². The maximum Gasteiger partial charge on any atom is 0.264 e. The molecule has 1 amide bonds. The zero-order valence-electron chi connectivity index (χ0n) is 16.6. The van der Waals surface area contributed by atoms with Crippen LogP contribution in [0, 0.1) is 6.92 Å². The zero-order valence-corrected chi connectivity index (χ0v) is 17.4. The number of ether oxygens (including phenoxy) is 1. The first kappa shape index (κ1) is 20.5. The molecule has 2 heterocycles. The van der Waals surface area contributed by atoms with Crippen molar-refractivity contribution in [1.82, 2.24) is 4.90 Å². The van der Waals surface area contributed by atoms with E-state index in [0.29, 0.717) is 17.9 Å². The largest absolute Gasteiger partial charge is 0.481 e. The number of carbonyl (C=O) groups excluding carboxylic acids is 1. The number of furan rings is 1. The highest BCUT2D eigenvalue weighted by atomic mass is 32.2. The first-order valence-corrected chi connectivity index (χ1v) is 11.4. The van der Waals surface area contributed by atoms with Crippen LogP contribution in [0.2, 0.25) is 0 Å². The van der Waals surface area contributed by atoms with Gasteiger partial charge in [-0.2, -0.15) is 0 Å². The van der Waals surface area contributed by atoms with Gasteiger partial charge in [0.1, 0.15) is 17.3 Å². The minimum Gasteiger partial charge on any atom is -0.481 e. The van der Waals surface area contributed by atoms with Gasteiger partial charge in [-0.25, -0.2) is 8.42 Å². The third kappa shape index (κ3) is 4.95. The second-order valence-electron chi connectivity index (χ2n) is 7.29. The van der Waals surface area contributed by atoms with E-state index in [4.69, 9.17) is 9.15 Å². The third-order valence-electron chi connectivity index (χ3n) is 5.05. The summed E-state index contributed by atoms with van der Waals surface area (Å²) < 4.78 is 35.4. The van der Waals surface area contributed by atoms with Crippen LogP contribution < -0.4 is 4.74 Å². The van der Waals surface area contributed by atoms with Crippen molar-refractivity contribution < 1.29 is 22.4 Å². The smallest absolute Gasteiger partial charge is 0.264 e. The van der Waals surface area contributed by atoms with Gasteiger partial charge in [-0.15, -0.1) is 0 Å². The molecule has 1 aromatic carbocycles. The van der Waals surface area contributed by atoms with Crippen LogP contribution in [0.4, 0.5) is 0 Å². The number of carbonyl (C=O) groups is 1. The number of aryl methyl sites for hydroxylation is 2. The fraction of sp³-hybridized carbons (Fsp3) is 0.476. The van der Waals surface area contributed by atoms with E-state index in [9.17, 15) is 13.2 Å². The van der Waals surface area contributed by atoms with E-state index < -0.39 is 15.9 Å². The van der Waals surface area contributed by atoms with Crippen molar-refractivity contribution in [2.24, 2.45) is 0 Å². The van der Waals surface area contributed by atoms with Gasteiger partial charge in [-0.05, 0) is 56.5 Å². The van der Waals surface area contributed by atoms with Gasteiger partial charge in [0.25, 0.3) is 5.91 Å². The quantitative estimate of drug-likeness (QED) is 0.707. The maximum absolute atomic E-state index is 13.1. The zero-order chi connectivity index (χ0) is 20.3. The molecule has 2 atom stereocenters. The topological polar surface area (TPSA) is 76.8 Å². The van der Waals surface area contributed by atoms with Crippen LogP contribution in [0.25, 0.3) is 0 Å². The van der Waals surface area contributed by atoms with Crippen molar-refractivity contribution >= 4 is 15.7 Å². The lowest BCUT2D eigenvalue weighted by atomic mass is 10.1. The molecule has 7 heteroatoms. The molecule has 0 unspecified atom stereocenters. The average molecular weight is 406 g/mol. The van der Waals surface area contributed by atoms with Gasteiger partial charge in [0.15, 0.2) is 15.9 Å². The lowest BCUT2D eigenvalue weighted by Gasteiger charge is -2.30. The maximum atomic E-state index is 13.1. The van der Waals surface area contributed by atoms with Gasteiger partial charge in [0, 0.05) is 6.04 Å². The summed E-state index contributed by atoms with van der Waals surface area (Å²) in [7, 11) is -3.12. The molecule has 0 N–H and O–H groups in total. The molecular weight excluding hydrogens is 378 g/mol. The highest BCUT2D eigenvalue weighted by Gasteiger charge is 2.37. The summed E-state index contributed by atoms with van der Waals surface area (Å²) in [5.74, 6) is 1.85. The van der Waals surface area contributed by atoms with Crippen LogP contribution >= 0.6 is 0 Å². The number of sulfone groups is 1. The predicted octanol–water partition coefficient (Wildman–Crippen LogP) is 3.13. The minimum atomic E-state index is -3.12. The van der Waals surface area contributed by atoms with Crippen LogP contribution in [0.5, 0.6) is 5.75 Å². The number of hydrogen-bond donors (Lipinski definition) is 0. The Balaban J connectivity index is 1.76. The van der Waals surface area contributed by atoms with Gasteiger partial charge in [-0.3, -0.25) is 4.79 Å². The molecule has 0 radical (unpaired) electrons. The van der Waals surface area contributed by atoms with Crippen LogP contribution in [0.15, 0.2) is 40.8 Å². The number of rotatable bonds is 7. The molecule has 1 fully saturated rings. The highest BCUT2D eigenvalue weighted by molar-refractivity contribution is 7.91. The molecule has 0 spiro atoms. The van der Waals surface area contributed by atoms with Gasteiger partial charge < -0.3 is 14.1 Å². The molecule has 1 aliphatic heterocycles. The molecule has 1 aromatic heterocycles. The molecule has 2 aromatic rings. The SMILES string of the molecule is CCc1ccc(O[C@@H](C)C(=O)N(Cc2ccc(C)o2)[C@H]2CCS(=O)(=O)C2)cc1. The molecule has 1 aliphatic rings. The second-order valence-corrected chi connectivity index (χ2v) is 9.52. The normalized spacial score (nSPS) is 19.3. The second kappa shape index (κ2) is 8.39. The first-order chi connectivity index (χ1) is 13.3. The predicted molar refractivity (Wildman–Crippen MR) is 107 cm³/mol. The lowest BCUT2D eigenvalue weighted by molar-refractivity contribution is -0.140. The summed E-state index contributed by atoms with van der Waals surface area (Å²) in [5, 5.41) is 0. The molecule has 0 aliphatic carbocycles. The molecule has 3 rings (SSSR count). The molecular formula is C21H27NO5S.